The van der Waals surface area contributed by atoms with Crippen LogP contribution in [0.2, 0.25) is 0 Å². The molecule has 3 heteroatoms. The van der Waals surface area contributed by atoms with Crippen molar-refractivity contribution >= 4 is 6.09 Å². The molecule has 1 heterocycles. The van der Waals surface area contributed by atoms with Crippen molar-refractivity contribution in [1.29, 1.82) is 0 Å². The van der Waals surface area contributed by atoms with Crippen LogP contribution in [-0.4, -0.2) is 18.2 Å². The molecule has 0 aromatic heterocycles. The first-order chi connectivity index (χ1) is 6.77. The molecule has 78 valence electrons. The summed E-state index contributed by atoms with van der Waals surface area (Å²) in [6.07, 6.45) is 8.55. The fraction of sp³-hybridized carbons (Fsp3) is 0.909. The summed E-state index contributed by atoms with van der Waals surface area (Å²) in [5, 5.41) is 2.84. The molecule has 0 bridgehead atoms. The van der Waals surface area contributed by atoms with Crippen molar-refractivity contribution in [3.63, 3.8) is 0 Å². The SMILES string of the molecule is O=C1NCC2(CCCC23CCCC3)O1. The molecule has 3 fully saturated rings. The first kappa shape index (κ1) is 8.57. The predicted molar refractivity (Wildman–Crippen MR) is 52.0 cm³/mol. The number of hydrogen-bond acceptors (Lipinski definition) is 2. The van der Waals surface area contributed by atoms with E-state index >= 15 is 0 Å². The predicted octanol–water partition coefficient (Wildman–Crippen LogP) is 2.21. The minimum atomic E-state index is -0.196. The number of carbonyl (C=O) groups is 1. The summed E-state index contributed by atoms with van der Waals surface area (Å²) >= 11 is 0. The van der Waals surface area contributed by atoms with Gasteiger partial charge in [-0.3, -0.25) is 0 Å². The van der Waals surface area contributed by atoms with Crippen molar-refractivity contribution in [2.75, 3.05) is 6.54 Å². The average Bonchev–Trinajstić information content (AvgIpc) is 2.82. The van der Waals surface area contributed by atoms with Crippen LogP contribution in [0.3, 0.4) is 0 Å². The van der Waals surface area contributed by atoms with Gasteiger partial charge in [0, 0.05) is 5.41 Å². The number of fused-ring (bicyclic) bond motifs is 1. The van der Waals surface area contributed by atoms with E-state index in [2.05, 4.69) is 5.32 Å². The maximum absolute atomic E-state index is 11.2. The first-order valence-electron chi connectivity index (χ1n) is 5.73. The lowest BCUT2D eigenvalue weighted by Crippen LogP contribution is -2.45. The van der Waals surface area contributed by atoms with Crippen LogP contribution in [0.25, 0.3) is 0 Å². The molecular formula is C11H17NO2. The highest BCUT2D eigenvalue weighted by molar-refractivity contribution is 5.70. The van der Waals surface area contributed by atoms with Gasteiger partial charge >= 0.3 is 6.09 Å². The molecule has 1 unspecified atom stereocenters. The van der Waals surface area contributed by atoms with Crippen LogP contribution < -0.4 is 5.32 Å². The van der Waals surface area contributed by atoms with Gasteiger partial charge in [-0.15, -0.1) is 0 Å². The van der Waals surface area contributed by atoms with E-state index in [1.54, 1.807) is 0 Å². The largest absolute Gasteiger partial charge is 0.440 e. The summed E-state index contributed by atoms with van der Waals surface area (Å²) < 4.78 is 5.60. The van der Waals surface area contributed by atoms with Crippen LogP contribution in [0.1, 0.15) is 44.9 Å². The lowest BCUT2D eigenvalue weighted by Gasteiger charge is -2.38. The van der Waals surface area contributed by atoms with Gasteiger partial charge in [0.15, 0.2) is 0 Å². The monoisotopic (exact) mass is 195 g/mol. The van der Waals surface area contributed by atoms with Crippen LogP contribution in [0.15, 0.2) is 0 Å². The lowest BCUT2D eigenvalue weighted by atomic mass is 9.73. The van der Waals surface area contributed by atoms with E-state index in [4.69, 9.17) is 4.74 Å². The molecule has 0 radical (unpaired) electrons. The van der Waals surface area contributed by atoms with Gasteiger partial charge in [0.25, 0.3) is 0 Å². The highest BCUT2D eigenvalue weighted by Crippen LogP contribution is 2.58. The zero-order valence-electron chi connectivity index (χ0n) is 8.47. The second kappa shape index (κ2) is 2.65. The summed E-state index contributed by atoms with van der Waals surface area (Å²) in [7, 11) is 0. The van der Waals surface area contributed by atoms with Crippen LogP contribution in [0.5, 0.6) is 0 Å². The molecule has 2 aliphatic carbocycles. The standard InChI is InChI=1S/C11H17NO2/c13-9-12-8-11(14-9)7-3-6-10(11)4-1-2-5-10/h1-8H2,(H,12,13). The molecule has 1 atom stereocenters. The highest BCUT2D eigenvalue weighted by Gasteiger charge is 2.60. The third-order valence-corrected chi connectivity index (χ3v) is 4.57. The summed E-state index contributed by atoms with van der Waals surface area (Å²) in [5.74, 6) is 0. The first-order valence-corrected chi connectivity index (χ1v) is 5.73. The van der Waals surface area contributed by atoms with Gasteiger partial charge in [0.05, 0.1) is 6.54 Å². The number of ether oxygens (including phenoxy) is 1. The third-order valence-electron chi connectivity index (χ3n) is 4.57. The molecule has 1 amide bonds. The van der Waals surface area contributed by atoms with Crippen molar-refractivity contribution in [3.05, 3.63) is 0 Å². The molecule has 1 aliphatic heterocycles. The van der Waals surface area contributed by atoms with E-state index < -0.39 is 0 Å². The minimum absolute atomic E-state index is 0.124. The van der Waals surface area contributed by atoms with E-state index in [0.29, 0.717) is 5.41 Å². The summed E-state index contributed by atoms with van der Waals surface area (Å²) in [5.41, 5.74) is 0.215. The highest BCUT2D eigenvalue weighted by atomic mass is 16.6. The van der Waals surface area contributed by atoms with Gasteiger partial charge in [-0.05, 0) is 32.1 Å². The summed E-state index contributed by atoms with van der Waals surface area (Å²) in [6.45, 7) is 0.756. The molecule has 0 aromatic carbocycles. The summed E-state index contributed by atoms with van der Waals surface area (Å²) in [4.78, 5) is 11.2. The van der Waals surface area contributed by atoms with Crippen molar-refractivity contribution < 1.29 is 9.53 Å². The zero-order chi connectivity index (χ0) is 9.65. The van der Waals surface area contributed by atoms with Gasteiger partial charge in [0.1, 0.15) is 5.60 Å². The molecule has 3 nitrogen and oxygen atoms in total. The van der Waals surface area contributed by atoms with Crippen LogP contribution in [-0.2, 0) is 4.74 Å². The van der Waals surface area contributed by atoms with Crippen LogP contribution in [0, 0.1) is 5.41 Å². The fourth-order valence-corrected chi connectivity index (χ4v) is 3.86. The number of amides is 1. The quantitative estimate of drug-likeness (QED) is 0.643. The Kier molecular flexibility index (Phi) is 1.62. The second-order valence-electron chi connectivity index (χ2n) is 5.08. The van der Waals surface area contributed by atoms with Crippen molar-refractivity contribution in [1.82, 2.24) is 5.32 Å². The fourth-order valence-electron chi connectivity index (χ4n) is 3.86. The second-order valence-corrected chi connectivity index (χ2v) is 5.08. The van der Waals surface area contributed by atoms with Gasteiger partial charge in [-0.2, -0.15) is 0 Å². The van der Waals surface area contributed by atoms with Gasteiger partial charge < -0.3 is 10.1 Å². The maximum atomic E-state index is 11.2. The summed E-state index contributed by atoms with van der Waals surface area (Å²) in [6, 6.07) is 0. The molecule has 1 N–H and O–H groups in total. The Morgan fingerprint density at radius 1 is 1.07 bits per heavy atom. The molecule has 2 spiro atoms. The molecule has 3 rings (SSSR count). The molecular weight excluding hydrogens is 178 g/mol. The molecule has 3 aliphatic rings. The topological polar surface area (TPSA) is 38.3 Å². The third kappa shape index (κ3) is 0.904. The molecule has 14 heavy (non-hydrogen) atoms. The molecule has 0 aromatic rings. The van der Waals surface area contributed by atoms with E-state index in [1.807, 2.05) is 0 Å². The number of rotatable bonds is 0. The van der Waals surface area contributed by atoms with Gasteiger partial charge in [-0.25, -0.2) is 4.79 Å². The molecule has 2 saturated carbocycles. The number of alkyl carbamates (subject to hydrolysis) is 1. The Labute approximate surface area is 84.2 Å². The van der Waals surface area contributed by atoms with E-state index in [-0.39, 0.29) is 11.7 Å². The van der Waals surface area contributed by atoms with E-state index in [0.717, 1.165) is 13.0 Å². The number of hydrogen-bond donors (Lipinski definition) is 1. The minimum Gasteiger partial charge on any atom is -0.440 e. The van der Waals surface area contributed by atoms with E-state index in [9.17, 15) is 4.79 Å². The van der Waals surface area contributed by atoms with Gasteiger partial charge in [-0.1, -0.05) is 12.8 Å². The van der Waals surface area contributed by atoms with Crippen LogP contribution >= 0.6 is 0 Å². The Hall–Kier alpha value is -0.730. The van der Waals surface area contributed by atoms with Crippen LogP contribution in [0.4, 0.5) is 4.79 Å². The Balaban J connectivity index is 1.94. The smallest absolute Gasteiger partial charge is 0.407 e. The normalized spacial score (nSPS) is 39.3. The van der Waals surface area contributed by atoms with Crippen molar-refractivity contribution in [2.24, 2.45) is 5.41 Å². The van der Waals surface area contributed by atoms with Gasteiger partial charge in [0.2, 0.25) is 0 Å². The Morgan fingerprint density at radius 2 is 1.79 bits per heavy atom. The van der Waals surface area contributed by atoms with Crippen molar-refractivity contribution in [2.45, 2.75) is 50.5 Å². The Morgan fingerprint density at radius 3 is 2.43 bits per heavy atom. The maximum Gasteiger partial charge on any atom is 0.407 e. The van der Waals surface area contributed by atoms with E-state index in [1.165, 1.54) is 38.5 Å². The Bertz CT molecular complexity index is 265. The number of nitrogens with one attached hydrogen (secondary N) is 1. The lowest BCUT2D eigenvalue weighted by molar-refractivity contribution is -0.0324. The number of carbonyl (C=O) groups excluding carboxylic acids is 1. The molecule has 1 saturated heterocycles. The van der Waals surface area contributed by atoms with Crippen molar-refractivity contribution in [3.8, 4) is 0 Å². The average molecular weight is 195 g/mol. The zero-order valence-corrected chi connectivity index (χ0v) is 8.47.